The van der Waals surface area contributed by atoms with E-state index in [0.717, 1.165) is 45.4 Å². The number of nitrogens with one attached hydrogen (secondary N) is 1. The lowest BCUT2D eigenvalue weighted by atomic mass is 9.99. The van der Waals surface area contributed by atoms with Gasteiger partial charge in [-0.1, -0.05) is 30.3 Å². The van der Waals surface area contributed by atoms with Gasteiger partial charge < -0.3 is 15.1 Å². The maximum atomic E-state index is 11.7. The number of rotatable bonds is 5. The maximum Gasteiger partial charge on any atom is 0.317 e. The third-order valence-corrected chi connectivity index (χ3v) is 5.15. The van der Waals surface area contributed by atoms with Crippen molar-refractivity contribution in [2.24, 2.45) is 0 Å². The lowest BCUT2D eigenvalue weighted by molar-refractivity contribution is 0.108. The van der Waals surface area contributed by atoms with Gasteiger partial charge in [0.2, 0.25) is 0 Å². The van der Waals surface area contributed by atoms with Crippen LogP contribution in [0.2, 0.25) is 0 Å². The summed E-state index contributed by atoms with van der Waals surface area (Å²) in [6, 6.07) is 11.9. The van der Waals surface area contributed by atoms with Gasteiger partial charge in [-0.2, -0.15) is 0 Å². The fourth-order valence-corrected chi connectivity index (χ4v) is 3.68. The van der Waals surface area contributed by atoms with Crippen LogP contribution in [0.5, 0.6) is 0 Å². The summed E-state index contributed by atoms with van der Waals surface area (Å²) in [4.78, 5) is 16.4. The molecule has 2 fully saturated rings. The van der Waals surface area contributed by atoms with E-state index in [1.54, 1.807) is 0 Å². The van der Waals surface area contributed by atoms with Crippen LogP contribution in [0, 0.1) is 0 Å². The Balaban J connectivity index is 1.43. The lowest BCUT2D eigenvalue weighted by Gasteiger charge is -2.39. The molecule has 4 heteroatoms. The van der Waals surface area contributed by atoms with Crippen molar-refractivity contribution in [2.45, 2.75) is 44.7 Å². The third kappa shape index (κ3) is 3.61. The average Bonchev–Trinajstić information content (AvgIpc) is 3.00. The molecule has 0 saturated carbocycles. The number of likely N-dealkylation sites (tertiary alicyclic amines) is 1. The summed E-state index contributed by atoms with van der Waals surface area (Å²) in [7, 11) is 0. The molecule has 2 aliphatic rings. The molecule has 0 spiro atoms. The summed E-state index contributed by atoms with van der Waals surface area (Å²) in [6.45, 7) is 6.26. The van der Waals surface area contributed by atoms with Gasteiger partial charge in [0.15, 0.2) is 0 Å². The van der Waals surface area contributed by atoms with Crippen molar-refractivity contribution in [3.8, 4) is 0 Å². The number of carbonyl (C=O) groups excluding carboxylic acids is 1. The van der Waals surface area contributed by atoms with E-state index in [0.29, 0.717) is 12.1 Å². The first kappa shape index (κ1) is 15.3. The number of nitrogens with zero attached hydrogens (tertiary/aromatic N) is 2. The average molecular weight is 301 g/mol. The van der Waals surface area contributed by atoms with Gasteiger partial charge >= 0.3 is 6.03 Å². The summed E-state index contributed by atoms with van der Waals surface area (Å²) < 4.78 is 0. The molecule has 1 aromatic carbocycles. The Morgan fingerprint density at radius 3 is 2.55 bits per heavy atom. The molecule has 0 aliphatic carbocycles. The standard InChI is InChI=1S/C18H27N3O/c1-15(7-8-16-5-3-2-4-6-16)20-12-9-17(10-13-20)21-14-11-19-18(21)22/h2-6,15,17H,7-14H2,1H3,(H,19,22). The third-order valence-electron chi connectivity index (χ3n) is 5.15. The number of carbonyl (C=O) groups is 1. The Hall–Kier alpha value is -1.55. The summed E-state index contributed by atoms with van der Waals surface area (Å²) in [5.41, 5.74) is 1.43. The highest BCUT2D eigenvalue weighted by molar-refractivity contribution is 5.76. The Morgan fingerprint density at radius 2 is 1.91 bits per heavy atom. The second-order valence-corrected chi connectivity index (χ2v) is 6.57. The van der Waals surface area contributed by atoms with Crippen LogP contribution in [0.25, 0.3) is 0 Å². The number of amides is 2. The largest absolute Gasteiger partial charge is 0.336 e. The van der Waals surface area contributed by atoms with E-state index in [1.807, 2.05) is 4.90 Å². The highest BCUT2D eigenvalue weighted by Crippen LogP contribution is 2.21. The van der Waals surface area contributed by atoms with Crippen LogP contribution in [0.15, 0.2) is 30.3 Å². The zero-order valence-corrected chi connectivity index (χ0v) is 13.5. The van der Waals surface area contributed by atoms with E-state index in [1.165, 1.54) is 12.0 Å². The minimum atomic E-state index is 0.135. The van der Waals surface area contributed by atoms with Crippen molar-refractivity contribution in [1.29, 1.82) is 0 Å². The fourth-order valence-electron chi connectivity index (χ4n) is 3.68. The van der Waals surface area contributed by atoms with Gasteiger partial charge in [0, 0.05) is 38.3 Å². The second kappa shape index (κ2) is 7.14. The molecule has 2 saturated heterocycles. The molecule has 0 bridgehead atoms. The quantitative estimate of drug-likeness (QED) is 0.907. The molecule has 1 N–H and O–H groups in total. The van der Waals surface area contributed by atoms with Crippen LogP contribution >= 0.6 is 0 Å². The number of hydrogen-bond acceptors (Lipinski definition) is 2. The number of benzene rings is 1. The molecule has 0 radical (unpaired) electrons. The van der Waals surface area contributed by atoms with Crippen LogP contribution < -0.4 is 5.32 Å². The van der Waals surface area contributed by atoms with Crippen molar-refractivity contribution in [1.82, 2.24) is 15.1 Å². The van der Waals surface area contributed by atoms with E-state index in [9.17, 15) is 4.79 Å². The van der Waals surface area contributed by atoms with Crippen LogP contribution in [-0.4, -0.2) is 54.1 Å². The van der Waals surface area contributed by atoms with Gasteiger partial charge in [-0.3, -0.25) is 0 Å². The van der Waals surface area contributed by atoms with E-state index in [4.69, 9.17) is 0 Å². The van der Waals surface area contributed by atoms with Crippen LogP contribution in [0.4, 0.5) is 4.79 Å². The Kier molecular flexibility index (Phi) is 4.98. The van der Waals surface area contributed by atoms with E-state index < -0.39 is 0 Å². The topological polar surface area (TPSA) is 35.6 Å². The van der Waals surface area contributed by atoms with E-state index in [2.05, 4.69) is 47.5 Å². The monoisotopic (exact) mass is 301 g/mol. The minimum Gasteiger partial charge on any atom is -0.336 e. The summed E-state index contributed by atoms with van der Waals surface area (Å²) in [5.74, 6) is 0. The van der Waals surface area contributed by atoms with E-state index >= 15 is 0 Å². The highest BCUT2D eigenvalue weighted by atomic mass is 16.2. The molecule has 0 aromatic heterocycles. The van der Waals surface area contributed by atoms with Crippen LogP contribution in [0.1, 0.15) is 31.7 Å². The molecule has 3 rings (SSSR count). The minimum absolute atomic E-state index is 0.135. The van der Waals surface area contributed by atoms with Gasteiger partial charge in [-0.15, -0.1) is 0 Å². The lowest BCUT2D eigenvalue weighted by Crippen LogP contribution is -2.48. The van der Waals surface area contributed by atoms with Gasteiger partial charge in [0.05, 0.1) is 0 Å². The van der Waals surface area contributed by atoms with Crippen molar-refractivity contribution in [3.63, 3.8) is 0 Å². The first-order valence-corrected chi connectivity index (χ1v) is 8.56. The number of hydrogen-bond donors (Lipinski definition) is 1. The molecule has 1 unspecified atom stereocenters. The zero-order valence-electron chi connectivity index (χ0n) is 13.5. The van der Waals surface area contributed by atoms with Crippen molar-refractivity contribution >= 4 is 6.03 Å². The van der Waals surface area contributed by atoms with Gasteiger partial charge in [-0.05, 0) is 38.2 Å². The van der Waals surface area contributed by atoms with Gasteiger partial charge in [-0.25, -0.2) is 4.79 Å². The molecule has 2 aliphatic heterocycles. The Bertz CT molecular complexity index is 482. The first-order valence-electron chi connectivity index (χ1n) is 8.56. The van der Waals surface area contributed by atoms with Crippen LogP contribution in [-0.2, 0) is 6.42 Å². The van der Waals surface area contributed by atoms with Crippen molar-refractivity contribution in [3.05, 3.63) is 35.9 Å². The molecule has 22 heavy (non-hydrogen) atoms. The van der Waals surface area contributed by atoms with Gasteiger partial charge in [0.1, 0.15) is 0 Å². The Labute approximate surface area is 133 Å². The summed E-state index contributed by atoms with van der Waals surface area (Å²) in [6.07, 6.45) is 4.58. The molecule has 1 aromatic rings. The van der Waals surface area contributed by atoms with Crippen molar-refractivity contribution < 1.29 is 4.79 Å². The molecule has 2 heterocycles. The second-order valence-electron chi connectivity index (χ2n) is 6.57. The fraction of sp³-hybridized carbons (Fsp3) is 0.611. The SMILES string of the molecule is CC(CCc1ccccc1)N1CCC(N2CCNC2=O)CC1. The maximum absolute atomic E-state index is 11.7. The predicted octanol–water partition coefficient (Wildman–Crippen LogP) is 2.50. The molecular formula is C18H27N3O. The highest BCUT2D eigenvalue weighted by Gasteiger charge is 2.31. The van der Waals surface area contributed by atoms with Crippen LogP contribution in [0.3, 0.4) is 0 Å². The van der Waals surface area contributed by atoms with Crippen molar-refractivity contribution in [2.75, 3.05) is 26.2 Å². The molecule has 1 atom stereocenters. The molecule has 4 nitrogen and oxygen atoms in total. The first-order chi connectivity index (χ1) is 10.7. The number of piperidine rings is 1. The smallest absolute Gasteiger partial charge is 0.317 e. The Morgan fingerprint density at radius 1 is 1.18 bits per heavy atom. The molecular weight excluding hydrogens is 274 g/mol. The summed E-state index contributed by atoms with van der Waals surface area (Å²) >= 11 is 0. The zero-order chi connectivity index (χ0) is 15.4. The summed E-state index contributed by atoms with van der Waals surface area (Å²) in [5, 5.41) is 2.91. The normalized spacial score (nSPS) is 21.9. The molecule has 2 amide bonds. The van der Waals surface area contributed by atoms with Gasteiger partial charge in [0.25, 0.3) is 0 Å². The number of urea groups is 1. The van der Waals surface area contributed by atoms with E-state index in [-0.39, 0.29) is 6.03 Å². The number of aryl methyl sites for hydroxylation is 1. The molecule has 120 valence electrons. The predicted molar refractivity (Wildman–Crippen MR) is 88.9 cm³/mol.